The maximum atomic E-state index is 5.65. The van der Waals surface area contributed by atoms with Gasteiger partial charge in [0.2, 0.25) is 0 Å². The average molecular weight is 231 g/mol. The zero-order valence-corrected chi connectivity index (χ0v) is 10.0. The molecule has 17 heavy (non-hydrogen) atoms. The lowest BCUT2D eigenvalue weighted by atomic mass is 10.0. The van der Waals surface area contributed by atoms with E-state index in [0.717, 1.165) is 37.6 Å². The van der Waals surface area contributed by atoms with Gasteiger partial charge in [-0.1, -0.05) is 6.07 Å². The molecule has 2 aliphatic heterocycles. The Hall–Kier alpha value is -1.48. The Labute approximate surface area is 101 Å². The molecule has 0 fully saturated rings. The van der Waals surface area contributed by atoms with Crippen molar-refractivity contribution in [3.8, 4) is 5.75 Å². The summed E-state index contributed by atoms with van der Waals surface area (Å²) in [5.74, 6) is 2.08. The van der Waals surface area contributed by atoms with Crippen LogP contribution in [0, 0.1) is 0 Å². The molecule has 3 nitrogen and oxygen atoms in total. The molecule has 1 aromatic carbocycles. The van der Waals surface area contributed by atoms with Crippen molar-refractivity contribution in [2.24, 2.45) is 0 Å². The molecule has 0 amide bonds. The molecule has 1 atom stereocenters. The summed E-state index contributed by atoms with van der Waals surface area (Å²) >= 11 is 0. The summed E-state index contributed by atoms with van der Waals surface area (Å²) in [6.07, 6.45) is 4.20. The van der Waals surface area contributed by atoms with Gasteiger partial charge in [0, 0.05) is 12.8 Å². The fourth-order valence-corrected chi connectivity index (χ4v) is 2.50. The van der Waals surface area contributed by atoms with Gasteiger partial charge in [-0.05, 0) is 36.4 Å². The van der Waals surface area contributed by atoms with E-state index in [1.807, 2.05) is 7.05 Å². The number of rotatable bonds is 3. The summed E-state index contributed by atoms with van der Waals surface area (Å²) in [4.78, 5) is 0. The van der Waals surface area contributed by atoms with Gasteiger partial charge in [0.05, 0.1) is 19.3 Å². The van der Waals surface area contributed by atoms with E-state index >= 15 is 0 Å². The number of nitrogens with one attached hydrogen (secondary N) is 1. The van der Waals surface area contributed by atoms with E-state index in [1.54, 1.807) is 0 Å². The Balaban J connectivity index is 1.91. The Morgan fingerprint density at radius 1 is 1.24 bits per heavy atom. The average Bonchev–Trinajstić information content (AvgIpc) is 2.99. The van der Waals surface area contributed by atoms with Crippen molar-refractivity contribution in [3.05, 3.63) is 41.2 Å². The Bertz CT molecular complexity index is 454. The third-order valence-corrected chi connectivity index (χ3v) is 3.35. The molecule has 0 spiro atoms. The number of likely N-dealkylation sites (N-methyl/N-ethyl adjacent to an activating group) is 1. The topological polar surface area (TPSA) is 30.5 Å². The van der Waals surface area contributed by atoms with Crippen molar-refractivity contribution in [3.63, 3.8) is 0 Å². The van der Waals surface area contributed by atoms with E-state index in [1.165, 1.54) is 11.1 Å². The first kappa shape index (κ1) is 10.7. The number of hydrogen-bond acceptors (Lipinski definition) is 3. The molecule has 0 aromatic heterocycles. The van der Waals surface area contributed by atoms with E-state index in [0.29, 0.717) is 0 Å². The lowest BCUT2D eigenvalue weighted by Crippen LogP contribution is -2.19. The second-order valence-electron chi connectivity index (χ2n) is 4.43. The standard InChI is InChI=1S/C14H17NO2/c1-15-14(13-3-2-7-16-13)11-4-5-12-10(9-11)6-8-17-12/h3-5,9,14-15H,2,6-8H2,1H3. The Morgan fingerprint density at radius 3 is 2.94 bits per heavy atom. The highest BCUT2D eigenvalue weighted by molar-refractivity contribution is 5.42. The van der Waals surface area contributed by atoms with Crippen LogP contribution in [0.3, 0.4) is 0 Å². The van der Waals surface area contributed by atoms with Crippen LogP contribution in [0.2, 0.25) is 0 Å². The largest absolute Gasteiger partial charge is 0.496 e. The fraction of sp³-hybridized carbons (Fsp3) is 0.429. The predicted octanol–water partition coefficient (Wildman–Crippen LogP) is 2.19. The first-order valence-corrected chi connectivity index (χ1v) is 6.14. The van der Waals surface area contributed by atoms with Gasteiger partial charge in [-0.15, -0.1) is 0 Å². The van der Waals surface area contributed by atoms with Crippen molar-refractivity contribution in [1.82, 2.24) is 5.32 Å². The van der Waals surface area contributed by atoms with Crippen molar-refractivity contribution in [2.45, 2.75) is 18.9 Å². The minimum atomic E-state index is 0.170. The quantitative estimate of drug-likeness (QED) is 0.865. The van der Waals surface area contributed by atoms with E-state index in [-0.39, 0.29) is 6.04 Å². The highest BCUT2D eigenvalue weighted by atomic mass is 16.5. The van der Waals surface area contributed by atoms with Crippen molar-refractivity contribution < 1.29 is 9.47 Å². The van der Waals surface area contributed by atoms with Crippen LogP contribution in [0.15, 0.2) is 30.0 Å². The van der Waals surface area contributed by atoms with Crippen LogP contribution >= 0.6 is 0 Å². The third-order valence-electron chi connectivity index (χ3n) is 3.35. The summed E-state index contributed by atoms with van der Waals surface area (Å²) in [6, 6.07) is 6.58. The summed E-state index contributed by atoms with van der Waals surface area (Å²) in [6.45, 7) is 1.61. The minimum absolute atomic E-state index is 0.170. The zero-order valence-electron chi connectivity index (χ0n) is 10.0. The molecule has 1 N–H and O–H groups in total. The maximum Gasteiger partial charge on any atom is 0.122 e. The number of hydrogen-bond donors (Lipinski definition) is 1. The van der Waals surface area contributed by atoms with Crippen LogP contribution in [-0.4, -0.2) is 20.3 Å². The third kappa shape index (κ3) is 1.91. The molecule has 0 saturated heterocycles. The predicted molar refractivity (Wildman–Crippen MR) is 66.1 cm³/mol. The van der Waals surface area contributed by atoms with Crippen LogP contribution < -0.4 is 10.1 Å². The molecule has 0 bridgehead atoms. The molecule has 0 aliphatic carbocycles. The Kier molecular flexibility index (Phi) is 2.77. The van der Waals surface area contributed by atoms with E-state index < -0.39 is 0 Å². The second-order valence-corrected chi connectivity index (χ2v) is 4.43. The molecular formula is C14H17NO2. The molecule has 2 heterocycles. The van der Waals surface area contributed by atoms with Gasteiger partial charge in [0.15, 0.2) is 0 Å². The smallest absolute Gasteiger partial charge is 0.122 e. The highest BCUT2D eigenvalue weighted by Gasteiger charge is 2.21. The van der Waals surface area contributed by atoms with Crippen molar-refractivity contribution in [1.29, 1.82) is 0 Å². The van der Waals surface area contributed by atoms with Gasteiger partial charge in [-0.3, -0.25) is 0 Å². The van der Waals surface area contributed by atoms with Gasteiger partial charge in [-0.25, -0.2) is 0 Å². The normalized spacial score (nSPS) is 19.2. The molecule has 0 saturated carbocycles. The first-order valence-electron chi connectivity index (χ1n) is 6.14. The van der Waals surface area contributed by atoms with Crippen molar-refractivity contribution in [2.75, 3.05) is 20.3 Å². The fourth-order valence-electron chi connectivity index (χ4n) is 2.50. The van der Waals surface area contributed by atoms with Crippen LogP contribution in [-0.2, 0) is 11.2 Å². The zero-order chi connectivity index (χ0) is 11.7. The molecule has 90 valence electrons. The van der Waals surface area contributed by atoms with Gasteiger partial charge in [0.25, 0.3) is 0 Å². The SMILES string of the molecule is CNC(C1=CCCO1)c1ccc2c(c1)CCO2. The molecule has 2 aliphatic rings. The molecule has 1 unspecified atom stereocenters. The van der Waals surface area contributed by atoms with Crippen molar-refractivity contribution >= 4 is 0 Å². The molecule has 3 heteroatoms. The van der Waals surface area contributed by atoms with Gasteiger partial charge in [0.1, 0.15) is 11.5 Å². The lowest BCUT2D eigenvalue weighted by Gasteiger charge is -2.18. The van der Waals surface area contributed by atoms with Crippen LogP contribution in [0.4, 0.5) is 0 Å². The van der Waals surface area contributed by atoms with E-state index in [2.05, 4.69) is 29.6 Å². The molecular weight excluding hydrogens is 214 g/mol. The van der Waals surface area contributed by atoms with Crippen LogP contribution in [0.5, 0.6) is 5.75 Å². The van der Waals surface area contributed by atoms with Crippen LogP contribution in [0.1, 0.15) is 23.6 Å². The van der Waals surface area contributed by atoms with E-state index in [4.69, 9.17) is 9.47 Å². The second kappa shape index (κ2) is 4.41. The van der Waals surface area contributed by atoms with Gasteiger partial charge < -0.3 is 14.8 Å². The summed E-state index contributed by atoms with van der Waals surface area (Å²) in [5, 5.41) is 3.32. The number of fused-ring (bicyclic) bond motifs is 1. The summed E-state index contributed by atoms with van der Waals surface area (Å²) < 4.78 is 11.2. The van der Waals surface area contributed by atoms with E-state index in [9.17, 15) is 0 Å². The minimum Gasteiger partial charge on any atom is -0.496 e. The van der Waals surface area contributed by atoms with Crippen LogP contribution in [0.25, 0.3) is 0 Å². The number of ether oxygens (including phenoxy) is 2. The lowest BCUT2D eigenvalue weighted by molar-refractivity contribution is 0.218. The summed E-state index contributed by atoms with van der Waals surface area (Å²) in [7, 11) is 1.97. The maximum absolute atomic E-state index is 5.65. The number of benzene rings is 1. The van der Waals surface area contributed by atoms with Gasteiger partial charge in [-0.2, -0.15) is 0 Å². The first-order chi connectivity index (χ1) is 8.38. The highest BCUT2D eigenvalue weighted by Crippen LogP contribution is 2.32. The van der Waals surface area contributed by atoms with Gasteiger partial charge >= 0.3 is 0 Å². The summed E-state index contributed by atoms with van der Waals surface area (Å²) in [5.41, 5.74) is 2.56. The molecule has 1 aromatic rings. The molecule has 0 radical (unpaired) electrons. The Morgan fingerprint density at radius 2 is 2.18 bits per heavy atom. The molecule has 3 rings (SSSR count). The monoisotopic (exact) mass is 231 g/mol.